The Bertz CT molecular complexity index is 1020. The van der Waals surface area contributed by atoms with Gasteiger partial charge in [0.25, 0.3) is 0 Å². The molecule has 2 fully saturated rings. The summed E-state index contributed by atoms with van der Waals surface area (Å²) in [5, 5.41) is 10.3. The third-order valence-corrected chi connectivity index (χ3v) is 6.36. The molecule has 7 nitrogen and oxygen atoms in total. The van der Waals surface area contributed by atoms with Crippen molar-refractivity contribution in [2.75, 3.05) is 25.6 Å². The molecule has 1 saturated carbocycles. The summed E-state index contributed by atoms with van der Waals surface area (Å²) in [6.07, 6.45) is 9.11. The summed E-state index contributed by atoms with van der Waals surface area (Å²) in [7, 11) is 0. The standard InChI is InChI=1S/C23H28N4O3/c24-22-21-20(11-27(23(21)26-14-25-22)17-8-15(9-17)12-28)16-4-3-6-18(10-16)30-13-19-5-1-2-7-29-19/h3-4,6,10-11,14-15,17,19,28H,1-2,5,7-9,12-13H2,(H2,24,25,26)/t15?,17?,19-/m1/s1. The van der Waals surface area contributed by atoms with Crippen molar-refractivity contribution in [3.63, 3.8) is 0 Å². The summed E-state index contributed by atoms with van der Waals surface area (Å²) in [5.74, 6) is 1.67. The predicted molar refractivity (Wildman–Crippen MR) is 115 cm³/mol. The van der Waals surface area contributed by atoms with Gasteiger partial charge in [-0.15, -0.1) is 0 Å². The molecule has 1 aliphatic heterocycles. The molecule has 0 spiro atoms. The van der Waals surface area contributed by atoms with E-state index in [4.69, 9.17) is 15.2 Å². The van der Waals surface area contributed by atoms with Gasteiger partial charge in [-0.2, -0.15) is 0 Å². The van der Waals surface area contributed by atoms with Gasteiger partial charge in [0.1, 0.15) is 30.1 Å². The lowest BCUT2D eigenvalue weighted by molar-refractivity contribution is -0.0110. The van der Waals surface area contributed by atoms with Gasteiger partial charge in [0, 0.05) is 31.0 Å². The maximum absolute atomic E-state index is 9.39. The van der Waals surface area contributed by atoms with E-state index in [1.807, 2.05) is 18.2 Å². The average molecular weight is 409 g/mol. The Labute approximate surface area is 175 Å². The lowest BCUT2D eigenvalue weighted by Crippen LogP contribution is -2.28. The Balaban J connectivity index is 1.44. The molecule has 3 N–H and O–H groups in total. The third kappa shape index (κ3) is 3.63. The van der Waals surface area contributed by atoms with E-state index in [9.17, 15) is 5.11 Å². The van der Waals surface area contributed by atoms with Gasteiger partial charge in [-0.05, 0) is 55.7 Å². The first-order valence-corrected chi connectivity index (χ1v) is 10.8. The third-order valence-electron chi connectivity index (χ3n) is 6.36. The van der Waals surface area contributed by atoms with Crippen LogP contribution in [0, 0.1) is 5.92 Å². The highest BCUT2D eigenvalue weighted by Gasteiger charge is 2.32. The minimum absolute atomic E-state index is 0.173. The Hall–Kier alpha value is -2.64. The SMILES string of the molecule is Nc1ncnc2c1c(-c1cccc(OC[C@H]3CCCCO3)c1)cn2C1CC(CO)C1. The van der Waals surface area contributed by atoms with Crippen molar-refractivity contribution in [1.29, 1.82) is 0 Å². The summed E-state index contributed by atoms with van der Waals surface area (Å²) >= 11 is 0. The quantitative estimate of drug-likeness (QED) is 0.647. The number of aliphatic hydroxyl groups is 1. The molecular weight excluding hydrogens is 380 g/mol. The number of aliphatic hydroxyl groups excluding tert-OH is 1. The number of aromatic nitrogens is 3. The van der Waals surface area contributed by atoms with Crippen LogP contribution in [0.3, 0.4) is 0 Å². The van der Waals surface area contributed by atoms with E-state index < -0.39 is 0 Å². The molecule has 3 aromatic rings. The molecule has 3 heterocycles. The van der Waals surface area contributed by atoms with E-state index in [0.717, 1.165) is 60.2 Å². The van der Waals surface area contributed by atoms with Crippen LogP contribution >= 0.6 is 0 Å². The molecule has 0 radical (unpaired) electrons. The van der Waals surface area contributed by atoms with Gasteiger partial charge in [-0.1, -0.05) is 12.1 Å². The van der Waals surface area contributed by atoms with Gasteiger partial charge in [-0.25, -0.2) is 9.97 Å². The lowest BCUT2D eigenvalue weighted by Gasteiger charge is -2.35. The van der Waals surface area contributed by atoms with Crippen LogP contribution in [0.5, 0.6) is 5.75 Å². The molecule has 0 bridgehead atoms. The van der Waals surface area contributed by atoms with Crippen molar-refractivity contribution in [2.24, 2.45) is 5.92 Å². The van der Waals surface area contributed by atoms with Gasteiger partial charge in [0.05, 0.1) is 11.5 Å². The molecule has 7 heteroatoms. The zero-order valence-corrected chi connectivity index (χ0v) is 17.0. The fraction of sp³-hybridized carbons (Fsp3) is 0.478. The molecule has 1 atom stereocenters. The number of fused-ring (bicyclic) bond motifs is 1. The second kappa shape index (κ2) is 8.24. The van der Waals surface area contributed by atoms with E-state index in [2.05, 4.69) is 26.8 Å². The molecule has 0 unspecified atom stereocenters. The fourth-order valence-corrected chi connectivity index (χ4v) is 4.56. The molecule has 158 valence electrons. The topological polar surface area (TPSA) is 95.4 Å². The van der Waals surface area contributed by atoms with Gasteiger partial charge in [0.2, 0.25) is 0 Å². The van der Waals surface area contributed by atoms with Gasteiger partial charge < -0.3 is 24.9 Å². The summed E-state index contributed by atoms with van der Waals surface area (Å²) in [4.78, 5) is 8.75. The first-order valence-electron chi connectivity index (χ1n) is 10.8. The first kappa shape index (κ1) is 19.3. The van der Waals surface area contributed by atoms with Crippen LogP contribution in [0.1, 0.15) is 38.1 Å². The molecular formula is C23H28N4O3. The second-order valence-electron chi connectivity index (χ2n) is 8.41. The minimum Gasteiger partial charge on any atom is -0.491 e. The van der Waals surface area contributed by atoms with Crippen LogP contribution in [0.25, 0.3) is 22.2 Å². The maximum atomic E-state index is 9.39. The molecule has 30 heavy (non-hydrogen) atoms. The Morgan fingerprint density at radius 3 is 2.93 bits per heavy atom. The van der Waals surface area contributed by atoms with Crippen LogP contribution < -0.4 is 10.5 Å². The highest BCUT2D eigenvalue weighted by atomic mass is 16.5. The normalized spacial score (nSPS) is 24.0. The Kier molecular flexibility index (Phi) is 5.31. The van der Waals surface area contributed by atoms with E-state index in [1.165, 1.54) is 12.7 Å². The highest BCUT2D eigenvalue weighted by Crippen LogP contribution is 2.42. The number of nitrogens with zero attached hydrogens (tertiary/aromatic N) is 3. The second-order valence-corrected chi connectivity index (χ2v) is 8.41. The van der Waals surface area contributed by atoms with Crippen molar-refractivity contribution in [1.82, 2.24) is 14.5 Å². The lowest BCUT2D eigenvalue weighted by atomic mass is 9.81. The maximum Gasteiger partial charge on any atom is 0.146 e. The number of anilines is 1. The number of ether oxygens (including phenoxy) is 2. The molecule has 2 aromatic heterocycles. The monoisotopic (exact) mass is 408 g/mol. The molecule has 1 aromatic carbocycles. The average Bonchev–Trinajstić information content (AvgIpc) is 3.13. The molecule has 0 amide bonds. The summed E-state index contributed by atoms with van der Waals surface area (Å²) in [6.45, 7) is 1.63. The van der Waals surface area contributed by atoms with Crippen molar-refractivity contribution in [2.45, 2.75) is 44.2 Å². The van der Waals surface area contributed by atoms with Crippen molar-refractivity contribution in [3.8, 4) is 16.9 Å². The predicted octanol–water partition coefficient (Wildman–Crippen LogP) is 3.57. The van der Waals surface area contributed by atoms with Crippen LogP contribution in [0.15, 0.2) is 36.8 Å². The van der Waals surface area contributed by atoms with E-state index in [1.54, 1.807) is 0 Å². The Morgan fingerprint density at radius 1 is 1.23 bits per heavy atom. The largest absolute Gasteiger partial charge is 0.491 e. The first-order chi connectivity index (χ1) is 14.7. The zero-order chi connectivity index (χ0) is 20.5. The molecule has 5 rings (SSSR count). The van der Waals surface area contributed by atoms with Crippen LogP contribution in [0.2, 0.25) is 0 Å². The zero-order valence-electron chi connectivity index (χ0n) is 17.0. The van der Waals surface area contributed by atoms with E-state index >= 15 is 0 Å². The summed E-state index contributed by atoms with van der Waals surface area (Å²) in [5.41, 5.74) is 9.15. The number of nitrogen functional groups attached to an aromatic ring is 1. The van der Waals surface area contributed by atoms with Crippen LogP contribution in [-0.2, 0) is 4.74 Å². The van der Waals surface area contributed by atoms with Crippen molar-refractivity contribution < 1.29 is 14.6 Å². The van der Waals surface area contributed by atoms with E-state index in [0.29, 0.717) is 24.4 Å². The van der Waals surface area contributed by atoms with E-state index in [-0.39, 0.29) is 12.7 Å². The summed E-state index contributed by atoms with van der Waals surface area (Å²) < 4.78 is 14.0. The number of nitrogens with two attached hydrogens (primary N) is 1. The highest BCUT2D eigenvalue weighted by molar-refractivity contribution is 6.00. The number of benzene rings is 1. The minimum atomic E-state index is 0.173. The van der Waals surface area contributed by atoms with Gasteiger partial charge >= 0.3 is 0 Å². The van der Waals surface area contributed by atoms with Gasteiger partial charge in [-0.3, -0.25) is 0 Å². The van der Waals surface area contributed by atoms with Gasteiger partial charge in [0.15, 0.2) is 0 Å². The molecule has 1 saturated heterocycles. The smallest absolute Gasteiger partial charge is 0.146 e. The molecule has 1 aliphatic carbocycles. The fourth-order valence-electron chi connectivity index (χ4n) is 4.56. The number of rotatable bonds is 6. The number of hydrogen-bond acceptors (Lipinski definition) is 6. The van der Waals surface area contributed by atoms with Crippen molar-refractivity contribution in [3.05, 3.63) is 36.8 Å². The van der Waals surface area contributed by atoms with Crippen LogP contribution in [-0.4, -0.2) is 45.6 Å². The summed E-state index contributed by atoms with van der Waals surface area (Å²) in [6, 6.07) is 8.41. The number of hydrogen-bond donors (Lipinski definition) is 2. The molecule has 2 aliphatic rings. The van der Waals surface area contributed by atoms with Crippen molar-refractivity contribution >= 4 is 16.9 Å². The van der Waals surface area contributed by atoms with Crippen LogP contribution in [0.4, 0.5) is 5.82 Å². The Morgan fingerprint density at radius 2 is 2.13 bits per heavy atom.